The number of benzene rings is 2. The van der Waals surface area contributed by atoms with Crippen LogP contribution >= 0.6 is 11.6 Å². The minimum atomic E-state index is -0.456. The van der Waals surface area contributed by atoms with Gasteiger partial charge in [0.05, 0.1) is 12.3 Å². The standard InChI is InChI=1S/C28H33ClN4O3/c1-2-3-11-25-31-26(29)24(19-34)33(25)18-21-12-14-22(15-13-21)28(36)32-16-7-10-23(32)27(35)30-17-20-8-5-4-6-9-20/h4-6,8-9,12-15,23,34H,2-3,7,10-11,16-19H2,1H3,(H,30,35). The molecule has 36 heavy (non-hydrogen) atoms. The smallest absolute Gasteiger partial charge is 0.254 e. The van der Waals surface area contributed by atoms with Crippen LogP contribution in [0.5, 0.6) is 0 Å². The van der Waals surface area contributed by atoms with Crippen LogP contribution in [0.4, 0.5) is 0 Å². The van der Waals surface area contributed by atoms with Crippen LogP contribution in [0, 0.1) is 0 Å². The predicted molar refractivity (Wildman–Crippen MR) is 140 cm³/mol. The minimum absolute atomic E-state index is 0.116. The van der Waals surface area contributed by atoms with E-state index in [1.807, 2.05) is 47.0 Å². The molecule has 1 atom stereocenters. The van der Waals surface area contributed by atoms with Crippen LogP contribution in [0.1, 0.15) is 65.6 Å². The summed E-state index contributed by atoms with van der Waals surface area (Å²) < 4.78 is 1.96. The zero-order valence-electron chi connectivity index (χ0n) is 20.6. The van der Waals surface area contributed by atoms with Gasteiger partial charge in [-0.1, -0.05) is 67.4 Å². The van der Waals surface area contributed by atoms with Gasteiger partial charge in [-0.05, 0) is 42.5 Å². The molecule has 190 valence electrons. The number of hydrogen-bond donors (Lipinski definition) is 2. The molecule has 0 radical (unpaired) electrons. The molecule has 0 aliphatic carbocycles. The first kappa shape index (κ1) is 25.9. The number of aryl methyl sites for hydroxylation is 1. The average molecular weight is 509 g/mol. The predicted octanol–water partition coefficient (Wildman–Crippen LogP) is 4.34. The van der Waals surface area contributed by atoms with Crippen LogP contribution < -0.4 is 5.32 Å². The number of aliphatic hydroxyl groups is 1. The molecule has 4 rings (SSSR count). The number of nitrogens with zero attached hydrogens (tertiary/aromatic N) is 3. The van der Waals surface area contributed by atoms with Gasteiger partial charge in [0.2, 0.25) is 5.91 Å². The monoisotopic (exact) mass is 508 g/mol. The van der Waals surface area contributed by atoms with Crippen molar-refractivity contribution in [2.75, 3.05) is 6.54 Å². The number of likely N-dealkylation sites (tertiary alicyclic amines) is 1. The first-order valence-electron chi connectivity index (χ1n) is 12.6. The Morgan fingerprint density at radius 3 is 2.56 bits per heavy atom. The largest absolute Gasteiger partial charge is 0.390 e. The first-order valence-corrected chi connectivity index (χ1v) is 13.0. The molecule has 1 saturated heterocycles. The molecule has 0 spiro atoms. The quantitative estimate of drug-likeness (QED) is 0.426. The van der Waals surface area contributed by atoms with Crippen LogP contribution in [0.3, 0.4) is 0 Å². The fraction of sp³-hybridized carbons (Fsp3) is 0.393. The molecule has 2 heterocycles. The molecule has 0 saturated carbocycles. The maximum Gasteiger partial charge on any atom is 0.254 e. The Labute approximate surface area is 217 Å². The third-order valence-electron chi connectivity index (χ3n) is 6.67. The molecule has 2 N–H and O–H groups in total. The summed E-state index contributed by atoms with van der Waals surface area (Å²) >= 11 is 6.26. The number of aliphatic hydroxyl groups excluding tert-OH is 1. The number of hydrogen-bond acceptors (Lipinski definition) is 4. The number of carbonyl (C=O) groups is 2. The topological polar surface area (TPSA) is 87.5 Å². The van der Waals surface area contributed by atoms with E-state index in [1.54, 1.807) is 17.0 Å². The maximum atomic E-state index is 13.3. The molecule has 7 nitrogen and oxygen atoms in total. The van der Waals surface area contributed by atoms with Crippen LogP contribution in [0.15, 0.2) is 54.6 Å². The summed E-state index contributed by atoms with van der Waals surface area (Å²) in [5.41, 5.74) is 3.16. The van der Waals surface area contributed by atoms with E-state index in [4.69, 9.17) is 11.6 Å². The Hall–Kier alpha value is -3.16. The zero-order valence-corrected chi connectivity index (χ0v) is 21.4. The zero-order chi connectivity index (χ0) is 25.5. The summed E-state index contributed by atoms with van der Waals surface area (Å²) in [5.74, 6) is 0.603. The van der Waals surface area contributed by atoms with Gasteiger partial charge in [-0.2, -0.15) is 0 Å². The maximum absolute atomic E-state index is 13.3. The Morgan fingerprint density at radius 1 is 1.11 bits per heavy atom. The SMILES string of the molecule is CCCCc1nc(Cl)c(CO)n1Cc1ccc(C(=O)N2CCCC2C(=O)NCc2ccccc2)cc1. The highest BCUT2D eigenvalue weighted by molar-refractivity contribution is 6.30. The van der Waals surface area contributed by atoms with Crippen molar-refractivity contribution in [1.29, 1.82) is 0 Å². The van der Waals surface area contributed by atoms with E-state index in [0.29, 0.717) is 42.5 Å². The van der Waals surface area contributed by atoms with Gasteiger partial charge in [0, 0.05) is 31.6 Å². The highest BCUT2D eigenvalue weighted by atomic mass is 35.5. The van der Waals surface area contributed by atoms with Gasteiger partial charge in [-0.3, -0.25) is 9.59 Å². The number of rotatable bonds is 10. The number of nitrogens with one attached hydrogen (secondary N) is 1. The lowest BCUT2D eigenvalue weighted by Gasteiger charge is -2.24. The average Bonchev–Trinajstić information content (AvgIpc) is 3.51. The van der Waals surface area contributed by atoms with Gasteiger partial charge in [0.1, 0.15) is 11.9 Å². The number of unbranched alkanes of at least 4 members (excludes halogenated alkanes) is 1. The van der Waals surface area contributed by atoms with E-state index in [9.17, 15) is 14.7 Å². The molecule has 1 fully saturated rings. The second-order valence-electron chi connectivity index (χ2n) is 9.17. The Balaban J connectivity index is 1.42. The van der Waals surface area contributed by atoms with Gasteiger partial charge in [0.15, 0.2) is 5.15 Å². The van der Waals surface area contributed by atoms with E-state index in [0.717, 1.165) is 42.6 Å². The molecule has 3 aromatic rings. The van der Waals surface area contributed by atoms with E-state index in [-0.39, 0.29) is 18.4 Å². The highest BCUT2D eigenvalue weighted by Gasteiger charge is 2.34. The Kier molecular flexibility index (Phi) is 8.78. The molecule has 1 aromatic heterocycles. The summed E-state index contributed by atoms with van der Waals surface area (Å²) in [6.07, 6.45) is 4.28. The lowest BCUT2D eigenvalue weighted by Crippen LogP contribution is -2.45. The van der Waals surface area contributed by atoms with Crippen molar-refractivity contribution >= 4 is 23.4 Å². The van der Waals surface area contributed by atoms with Crippen molar-refractivity contribution in [3.05, 3.63) is 88.0 Å². The van der Waals surface area contributed by atoms with E-state index in [1.165, 1.54) is 0 Å². The number of amides is 2. The summed E-state index contributed by atoms with van der Waals surface area (Å²) in [6, 6.07) is 16.7. The van der Waals surface area contributed by atoms with Gasteiger partial charge in [0.25, 0.3) is 5.91 Å². The number of carbonyl (C=O) groups excluding carboxylic acids is 2. The lowest BCUT2D eigenvalue weighted by atomic mass is 10.1. The van der Waals surface area contributed by atoms with Crippen molar-refractivity contribution in [3.63, 3.8) is 0 Å². The Bertz CT molecular complexity index is 1180. The molecule has 1 aliphatic rings. The summed E-state index contributed by atoms with van der Waals surface area (Å²) in [6.45, 7) is 3.46. The second-order valence-corrected chi connectivity index (χ2v) is 9.53. The Morgan fingerprint density at radius 2 is 1.86 bits per heavy atom. The highest BCUT2D eigenvalue weighted by Crippen LogP contribution is 2.23. The molecule has 0 bridgehead atoms. The van der Waals surface area contributed by atoms with Gasteiger partial charge in [-0.15, -0.1) is 0 Å². The number of imidazole rings is 1. The van der Waals surface area contributed by atoms with Crippen LogP contribution in [0.2, 0.25) is 5.15 Å². The fourth-order valence-electron chi connectivity index (χ4n) is 4.65. The van der Waals surface area contributed by atoms with E-state index >= 15 is 0 Å². The number of halogens is 1. The van der Waals surface area contributed by atoms with Crippen molar-refractivity contribution in [2.24, 2.45) is 0 Å². The van der Waals surface area contributed by atoms with Gasteiger partial charge >= 0.3 is 0 Å². The van der Waals surface area contributed by atoms with Crippen LogP contribution in [-0.4, -0.2) is 44.0 Å². The van der Waals surface area contributed by atoms with Crippen molar-refractivity contribution < 1.29 is 14.7 Å². The van der Waals surface area contributed by atoms with Gasteiger partial charge in [-0.25, -0.2) is 4.98 Å². The van der Waals surface area contributed by atoms with Crippen LogP contribution in [0.25, 0.3) is 0 Å². The molecule has 8 heteroatoms. The van der Waals surface area contributed by atoms with E-state index < -0.39 is 6.04 Å². The van der Waals surface area contributed by atoms with E-state index in [2.05, 4.69) is 17.2 Å². The normalized spacial score (nSPS) is 15.3. The fourth-order valence-corrected chi connectivity index (χ4v) is 4.91. The van der Waals surface area contributed by atoms with Gasteiger partial charge < -0.3 is 19.9 Å². The van der Waals surface area contributed by atoms with Crippen molar-refractivity contribution in [3.8, 4) is 0 Å². The lowest BCUT2D eigenvalue weighted by molar-refractivity contribution is -0.125. The molecule has 1 unspecified atom stereocenters. The van der Waals surface area contributed by atoms with Crippen molar-refractivity contribution in [2.45, 2.75) is 64.8 Å². The summed E-state index contributed by atoms with van der Waals surface area (Å²) in [5, 5.41) is 13.1. The third-order valence-corrected chi connectivity index (χ3v) is 6.98. The molecule has 2 amide bonds. The summed E-state index contributed by atoms with van der Waals surface area (Å²) in [7, 11) is 0. The molecular weight excluding hydrogens is 476 g/mol. The summed E-state index contributed by atoms with van der Waals surface area (Å²) in [4.78, 5) is 32.2. The first-order chi connectivity index (χ1) is 17.5. The molecule has 1 aliphatic heterocycles. The molecular formula is C28H33ClN4O3. The second kappa shape index (κ2) is 12.2. The minimum Gasteiger partial charge on any atom is -0.390 e. The molecule has 2 aromatic carbocycles. The number of aromatic nitrogens is 2. The van der Waals surface area contributed by atoms with Crippen LogP contribution in [-0.2, 0) is 30.9 Å². The third kappa shape index (κ3) is 5.97. The van der Waals surface area contributed by atoms with Crippen molar-refractivity contribution in [1.82, 2.24) is 19.8 Å².